The van der Waals surface area contributed by atoms with Gasteiger partial charge in [-0.15, -0.1) is 0 Å². The fraction of sp³-hybridized carbons (Fsp3) is 0.188. The minimum Gasteiger partial charge on any atom is -0.489 e. The normalized spacial score (nSPS) is 13.6. The first-order chi connectivity index (χ1) is 10.2. The molecule has 0 fully saturated rings. The topological polar surface area (TPSA) is 39.1 Å². The molecule has 1 aliphatic heterocycles. The summed E-state index contributed by atoms with van der Waals surface area (Å²) in [5.41, 5.74) is 3.43. The minimum absolute atomic E-state index is 0.278. The molecule has 3 aromatic rings. The molecule has 2 heterocycles. The summed E-state index contributed by atoms with van der Waals surface area (Å²) in [6.07, 6.45) is 0. The molecule has 1 aromatic heterocycles. The number of hydrogen-bond donors (Lipinski definition) is 1. The zero-order valence-corrected chi connectivity index (χ0v) is 11.6. The van der Waals surface area contributed by atoms with Crippen molar-refractivity contribution >= 4 is 16.7 Å². The minimum atomic E-state index is -0.278. The number of hydrogen-bond acceptors (Lipinski definition) is 3. The Morgan fingerprint density at radius 2 is 2.19 bits per heavy atom. The van der Waals surface area contributed by atoms with Gasteiger partial charge in [-0.2, -0.15) is 0 Å². The second-order valence-corrected chi connectivity index (χ2v) is 5.08. The van der Waals surface area contributed by atoms with E-state index in [1.54, 1.807) is 6.07 Å². The van der Waals surface area contributed by atoms with Crippen molar-refractivity contribution in [1.29, 1.82) is 0 Å². The van der Waals surface area contributed by atoms with E-state index in [0.717, 1.165) is 34.9 Å². The van der Waals surface area contributed by atoms with Gasteiger partial charge in [0.2, 0.25) is 0 Å². The van der Waals surface area contributed by atoms with Crippen LogP contribution < -0.4 is 10.1 Å². The zero-order chi connectivity index (χ0) is 14.4. The van der Waals surface area contributed by atoms with Gasteiger partial charge in [0.15, 0.2) is 5.75 Å². The Morgan fingerprint density at radius 3 is 3.10 bits per heavy atom. The number of nitrogens with zero attached hydrogens (tertiary/aromatic N) is 2. The molecule has 0 bridgehead atoms. The molecule has 4 rings (SSSR count). The van der Waals surface area contributed by atoms with Crippen molar-refractivity contribution in [2.75, 3.05) is 18.5 Å². The van der Waals surface area contributed by atoms with Gasteiger partial charge in [0, 0.05) is 19.7 Å². The summed E-state index contributed by atoms with van der Waals surface area (Å²) in [6, 6.07) is 10.6. The number of imidazole rings is 1. The maximum absolute atomic E-state index is 13.4. The zero-order valence-electron chi connectivity index (χ0n) is 11.6. The molecule has 0 amide bonds. The summed E-state index contributed by atoms with van der Waals surface area (Å²) in [7, 11) is 1.93. The predicted molar refractivity (Wildman–Crippen MR) is 80.1 cm³/mol. The van der Waals surface area contributed by atoms with Crippen LogP contribution in [0.4, 0.5) is 10.1 Å². The molecule has 1 N–H and O–H groups in total. The molecule has 0 atom stereocenters. The smallest absolute Gasteiger partial charge is 0.153 e. The Morgan fingerprint density at radius 1 is 1.29 bits per heavy atom. The van der Waals surface area contributed by atoms with E-state index in [1.807, 2.05) is 29.8 Å². The van der Waals surface area contributed by atoms with Crippen LogP contribution >= 0.6 is 0 Å². The molecule has 1 aliphatic rings. The quantitative estimate of drug-likeness (QED) is 0.745. The molecule has 106 valence electrons. The second-order valence-electron chi connectivity index (χ2n) is 5.08. The Bertz CT molecular complexity index is 841. The number of aromatic nitrogens is 2. The lowest BCUT2D eigenvalue weighted by Crippen LogP contribution is -2.18. The lowest BCUT2D eigenvalue weighted by Gasteiger charge is -2.21. The van der Waals surface area contributed by atoms with Crippen LogP contribution in [-0.2, 0) is 7.05 Å². The fourth-order valence-corrected chi connectivity index (χ4v) is 2.76. The van der Waals surface area contributed by atoms with Crippen molar-refractivity contribution < 1.29 is 9.13 Å². The van der Waals surface area contributed by atoms with Gasteiger partial charge >= 0.3 is 0 Å². The molecule has 0 aliphatic carbocycles. The van der Waals surface area contributed by atoms with E-state index in [-0.39, 0.29) is 5.82 Å². The van der Waals surface area contributed by atoms with Gasteiger partial charge in [0.25, 0.3) is 0 Å². The van der Waals surface area contributed by atoms with Crippen LogP contribution in [0.15, 0.2) is 36.4 Å². The standard InChI is InChI=1S/C16H14FN3O/c1-20-14-6-5-10(17)9-13(14)19-16(20)11-3-2-4-12-15(11)21-8-7-18-12/h2-6,9,18H,7-8H2,1H3. The Hall–Kier alpha value is -2.56. The van der Waals surface area contributed by atoms with Crippen molar-refractivity contribution in [3.05, 3.63) is 42.2 Å². The molecular weight excluding hydrogens is 269 g/mol. The number of ether oxygens (including phenoxy) is 1. The SMILES string of the molecule is Cn1c(-c2cccc3c2OCCN3)nc2cc(F)ccc21. The Kier molecular flexibility index (Phi) is 2.60. The molecule has 0 spiro atoms. The summed E-state index contributed by atoms with van der Waals surface area (Å²) in [5.74, 6) is 1.30. The number of rotatable bonds is 1. The summed E-state index contributed by atoms with van der Waals surface area (Å²) >= 11 is 0. The van der Waals surface area contributed by atoms with Crippen LogP contribution in [0.5, 0.6) is 5.75 Å². The van der Waals surface area contributed by atoms with E-state index in [2.05, 4.69) is 10.3 Å². The van der Waals surface area contributed by atoms with Gasteiger partial charge in [-0.3, -0.25) is 0 Å². The van der Waals surface area contributed by atoms with E-state index in [9.17, 15) is 4.39 Å². The molecule has 21 heavy (non-hydrogen) atoms. The third kappa shape index (κ3) is 1.85. The molecular formula is C16H14FN3O. The Balaban J connectivity index is 1.97. The summed E-state index contributed by atoms with van der Waals surface area (Å²) in [6.45, 7) is 1.42. The molecule has 0 radical (unpaired) electrons. The van der Waals surface area contributed by atoms with E-state index < -0.39 is 0 Å². The number of anilines is 1. The monoisotopic (exact) mass is 283 g/mol. The molecule has 5 heteroatoms. The maximum Gasteiger partial charge on any atom is 0.153 e. The van der Waals surface area contributed by atoms with E-state index in [0.29, 0.717) is 12.1 Å². The van der Waals surface area contributed by atoms with Crippen LogP contribution in [0.1, 0.15) is 0 Å². The molecule has 0 unspecified atom stereocenters. The number of benzene rings is 2. The number of para-hydroxylation sites is 1. The van der Waals surface area contributed by atoms with Crippen molar-refractivity contribution in [3.63, 3.8) is 0 Å². The Labute approximate surface area is 121 Å². The van der Waals surface area contributed by atoms with Crippen LogP contribution in [0, 0.1) is 5.82 Å². The van der Waals surface area contributed by atoms with Gasteiger partial charge in [-0.1, -0.05) is 6.07 Å². The molecule has 2 aromatic carbocycles. The third-order valence-electron chi connectivity index (χ3n) is 3.76. The lowest BCUT2D eigenvalue weighted by molar-refractivity contribution is 0.324. The number of aryl methyl sites for hydroxylation is 1. The average molecular weight is 283 g/mol. The van der Waals surface area contributed by atoms with Gasteiger partial charge in [0.05, 0.1) is 22.3 Å². The van der Waals surface area contributed by atoms with Gasteiger partial charge in [0.1, 0.15) is 18.2 Å². The highest BCUT2D eigenvalue weighted by molar-refractivity contribution is 5.84. The number of fused-ring (bicyclic) bond motifs is 2. The van der Waals surface area contributed by atoms with E-state index >= 15 is 0 Å². The van der Waals surface area contributed by atoms with Crippen LogP contribution in [-0.4, -0.2) is 22.7 Å². The molecule has 0 saturated heterocycles. The fourth-order valence-electron chi connectivity index (χ4n) is 2.76. The van der Waals surface area contributed by atoms with Crippen LogP contribution in [0.25, 0.3) is 22.4 Å². The molecule has 0 saturated carbocycles. The van der Waals surface area contributed by atoms with Crippen molar-refractivity contribution in [1.82, 2.24) is 9.55 Å². The third-order valence-corrected chi connectivity index (χ3v) is 3.76. The highest BCUT2D eigenvalue weighted by Gasteiger charge is 2.19. The van der Waals surface area contributed by atoms with Crippen molar-refractivity contribution in [3.8, 4) is 17.1 Å². The second kappa shape index (κ2) is 4.48. The summed E-state index contributed by atoms with van der Waals surface area (Å²) in [4.78, 5) is 4.57. The lowest BCUT2D eigenvalue weighted by atomic mass is 10.1. The van der Waals surface area contributed by atoms with Crippen molar-refractivity contribution in [2.24, 2.45) is 7.05 Å². The van der Waals surface area contributed by atoms with E-state index in [1.165, 1.54) is 12.1 Å². The first-order valence-electron chi connectivity index (χ1n) is 6.86. The number of nitrogens with one attached hydrogen (secondary N) is 1. The van der Waals surface area contributed by atoms with E-state index in [4.69, 9.17) is 4.74 Å². The highest BCUT2D eigenvalue weighted by Crippen LogP contribution is 2.38. The predicted octanol–water partition coefficient (Wildman–Crippen LogP) is 3.18. The van der Waals surface area contributed by atoms with Crippen LogP contribution in [0.2, 0.25) is 0 Å². The first-order valence-corrected chi connectivity index (χ1v) is 6.86. The van der Waals surface area contributed by atoms with Gasteiger partial charge in [-0.05, 0) is 24.3 Å². The largest absolute Gasteiger partial charge is 0.489 e. The molecule has 4 nitrogen and oxygen atoms in total. The van der Waals surface area contributed by atoms with Crippen LogP contribution in [0.3, 0.4) is 0 Å². The maximum atomic E-state index is 13.4. The van der Waals surface area contributed by atoms with Gasteiger partial charge < -0.3 is 14.6 Å². The van der Waals surface area contributed by atoms with Gasteiger partial charge in [-0.25, -0.2) is 9.37 Å². The summed E-state index contributed by atoms with van der Waals surface area (Å²) < 4.78 is 21.1. The number of halogens is 1. The summed E-state index contributed by atoms with van der Waals surface area (Å²) in [5, 5.41) is 3.31. The first kappa shape index (κ1) is 12.2. The van der Waals surface area contributed by atoms with Crippen molar-refractivity contribution in [2.45, 2.75) is 0 Å². The highest BCUT2D eigenvalue weighted by atomic mass is 19.1. The average Bonchev–Trinajstić information content (AvgIpc) is 2.83.